The van der Waals surface area contributed by atoms with E-state index >= 15 is 0 Å². The molecule has 0 radical (unpaired) electrons. The number of allylic oxidation sites excluding steroid dienone is 1. The second-order valence-corrected chi connectivity index (χ2v) is 2.51. The summed E-state index contributed by atoms with van der Waals surface area (Å²) < 4.78 is 0. The number of nitrogens with zero attached hydrogens (tertiary/aromatic N) is 2. The standard InChI is InChI=1S/C8H16N2/c1-8(2)10(4)7-5-6-9-3/h5-8H,1-4H3/b7-5-,9-6?. The molecule has 0 rings (SSSR count). The molecule has 0 spiro atoms. The first-order valence-electron chi connectivity index (χ1n) is 3.49. The maximum atomic E-state index is 3.83. The van der Waals surface area contributed by atoms with E-state index < -0.39 is 0 Å². The van der Waals surface area contributed by atoms with Crippen molar-refractivity contribution in [3.63, 3.8) is 0 Å². The molecule has 10 heavy (non-hydrogen) atoms. The number of aliphatic imine (C=N–C) groups is 1. The van der Waals surface area contributed by atoms with Crippen LogP contribution in [0.4, 0.5) is 0 Å². The Hall–Kier alpha value is -0.790. The van der Waals surface area contributed by atoms with Gasteiger partial charge in [-0.15, -0.1) is 0 Å². The van der Waals surface area contributed by atoms with Crippen molar-refractivity contribution >= 4 is 6.21 Å². The quantitative estimate of drug-likeness (QED) is 0.543. The van der Waals surface area contributed by atoms with Gasteiger partial charge in [0.1, 0.15) is 0 Å². The average Bonchev–Trinajstić information content (AvgIpc) is 1.88. The Labute approximate surface area is 63.3 Å². The van der Waals surface area contributed by atoms with Gasteiger partial charge < -0.3 is 4.90 Å². The molecule has 0 aliphatic heterocycles. The van der Waals surface area contributed by atoms with Crippen LogP contribution in [0.5, 0.6) is 0 Å². The van der Waals surface area contributed by atoms with Crippen molar-refractivity contribution in [1.82, 2.24) is 4.90 Å². The zero-order valence-electron chi connectivity index (χ0n) is 7.20. The molecule has 0 aromatic carbocycles. The minimum Gasteiger partial charge on any atom is -0.378 e. The van der Waals surface area contributed by atoms with Gasteiger partial charge in [-0.25, -0.2) is 0 Å². The van der Waals surface area contributed by atoms with Gasteiger partial charge in [0.05, 0.1) is 0 Å². The third kappa shape index (κ3) is 4.13. The van der Waals surface area contributed by atoms with E-state index in [4.69, 9.17) is 0 Å². The molecule has 0 aromatic rings. The van der Waals surface area contributed by atoms with Crippen LogP contribution in [0.2, 0.25) is 0 Å². The monoisotopic (exact) mass is 140 g/mol. The molecule has 0 saturated carbocycles. The molecule has 0 aliphatic rings. The smallest absolute Gasteiger partial charge is 0.0277 e. The largest absolute Gasteiger partial charge is 0.378 e. The second-order valence-electron chi connectivity index (χ2n) is 2.51. The predicted octanol–water partition coefficient (Wildman–Crippen LogP) is 1.54. The van der Waals surface area contributed by atoms with Gasteiger partial charge >= 0.3 is 0 Å². The summed E-state index contributed by atoms with van der Waals surface area (Å²) in [6.07, 6.45) is 5.72. The van der Waals surface area contributed by atoms with Crippen molar-refractivity contribution in [3.05, 3.63) is 12.3 Å². The summed E-state index contributed by atoms with van der Waals surface area (Å²) in [7, 11) is 3.81. The Morgan fingerprint density at radius 3 is 2.40 bits per heavy atom. The maximum Gasteiger partial charge on any atom is 0.0277 e. The SMILES string of the molecule is CN=C/C=C\N(C)C(C)C. The van der Waals surface area contributed by atoms with Crippen LogP contribution in [-0.4, -0.2) is 31.3 Å². The van der Waals surface area contributed by atoms with Crippen LogP contribution < -0.4 is 0 Å². The highest BCUT2D eigenvalue weighted by molar-refractivity contribution is 5.70. The predicted molar refractivity (Wildman–Crippen MR) is 46.5 cm³/mol. The van der Waals surface area contributed by atoms with Crippen LogP contribution in [0.3, 0.4) is 0 Å². The van der Waals surface area contributed by atoms with Crippen molar-refractivity contribution in [2.24, 2.45) is 4.99 Å². The van der Waals surface area contributed by atoms with Gasteiger partial charge in [-0.05, 0) is 19.9 Å². The third-order valence-electron chi connectivity index (χ3n) is 1.37. The number of hydrogen-bond donors (Lipinski definition) is 0. The molecule has 0 bridgehead atoms. The Morgan fingerprint density at radius 2 is 2.00 bits per heavy atom. The number of hydrogen-bond acceptors (Lipinski definition) is 2. The third-order valence-corrected chi connectivity index (χ3v) is 1.37. The molecule has 0 unspecified atom stereocenters. The van der Waals surface area contributed by atoms with Crippen LogP contribution in [0.15, 0.2) is 17.3 Å². The molecule has 0 aliphatic carbocycles. The highest BCUT2D eigenvalue weighted by atomic mass is 15.1. The summed E-state index contributed by atoms with van der Waals surface area (Å²) in [6, 6.07) is 0.557. The lowest BCUT2D eigenvalue weighted by atomic mass is 10.4. The van der Waals surface area contributed by atoms with Gasteiger partial charge in [0.25, 0.3) is 0 Å². The lowest BCUT2D eigenvalue weighted by molar-refractivity contribution is 0.376. The van der Waals surface area contributed by atoms with E-state index in [1.807, 2.05) is 19.3 Å². The summed E-state index contributed by atoms with van der Waals surface area (Å²) in [5.74, 6) is 0. The van der Waals surface area contributed by atoms with E-state index in [9.17, 15) is 0 Å². The topological polar surface area (TPSA) is 15.6 Å². The minimum absolute atomic E-state index is 0.557. The summed E-state index contributed by atoms with van der Waals surface area (Å²) in [4.78, 5) is 5.96. The van der Waals surface area contributed by atoms with Gasteiger partial charge in [-0.3, -0.25) is 4.99 Å². The zero-order valence-corrected chi connectivity index (χ0v) is 7.20. The molecule has 0 atom stereocenters. The second kappa shape index (κ2) is 5.03. The van der Waals surface area contributed by atoms with Crippen molar-refractivity contribution in [1.29, 1.82) is 0 Å². The fraction of sp³-hybridized carbons (Fsp3) is 0.625. The lowest BCUT2D eigenvalue weighted by Gasteiger charge is -2.17. The van der Waals surface area contributed by atoms with Crippen LogP contribution in [0.25, 0.3) is 0 Å². The van der Waals surface area contributed by atoms with Crippen molar-refractivity contribution in [3.8, 4) is 0 Å². The summed E-state index contributed by atoms with van der Waals surface area (Å²) in [5, 5.41) is 0. The van der Waals surface area contributed by atoms with E-state index in [2.05, 4.69) is 23.7 Å². The van der Waals surface area contributed by atoms with Gasteiger partial charge in [0, 0.05) is 32.6 Å². The van der Waals surface area contributed by atoms with Crippen molar-refractivity contribution in [2.45, 2.75) is 19.9 Å². The maximum absolute atomic E-state index is 3.83. The molecule has 58 valence electrons. The summed E-state index contributed by atoms with van der Waals surface area (Å²) >= 11 is 0. The minimum atomic E-state index is 0.557. The van der Waals surface area contributed by atoms with Crippen LogP contribution in [-0.2, 0) is 0 Å². The van der Waals surface area contributed by atoms with Crippen molar-refractivity contribution in [2.75, 3.05) is 14.1 Å². The highest BCUT2D eigenvalue weighted by Gasteiger charge is 1.93. The van der Waals surface area contributed by atoms with Gasteiger partial charge in [-0.2, -0.15) is 0 Å². The lowest BCUT2D eigenvalue weighted by Crippen LogP contribution is -2.19. The first-order valence-corrected chi connectivity index (χ1v) is 3.49. The van der Waals surface area contributed by atoms with E-state index in [-0.39, 0.29) is 0 Å². The zero-order chi connectivity index (χ0) is 7.98. The van der Waals surface area contributed by atoms with E-state index in [0.717, 1.165) is 0 Å². The van der Waals surface area contributed by atoms with Gasteiger partial charge in [0.15, 0.2) is 0 Å². The van der Waals surface area contributed by atoms with Crippen LogP contribution in [0, 0.1) is 0 Å². The van der Waals surface area contributed by atoms with E-state index in [1.165, 1.54) is 0 Å². The fourth-order valence-corrected chi connectivity index (χ4v) is 0.432. The highest BCUT2D eigenvalue weighted by Crippen LogP contribution is 1.92. The molecular formula is C8H16N2. The molecular weight excluding hydrogens is 124 g/mol. The van der Waals surface area contributed by atoms with E-state index in [0.29, 0.717) is 6.04 Å². The molecule has 2 heteroatoms. The average molecular weight is 140 g/mol. The summed E-state index contributed by atoms with van der Waals surface area (Å²) in [5.41, 5.74) is 0. The molecule has 0 N–H and O–H groups in total. The molecule has 0 aromatic heterocycles. The summed E-state index contributed by atoms with van der Waals surface area (Å²) in [6.45, 7) is 4.29. The number of rotatable bonds is 3. The fourth-order valence-electron chi connectivity index (χ4n) is 0.432. The van der Waals surface area contributed by atoms with E-state index in [1.54, 1.807) is 13.3 Å². The molecule has 2 nitrogen and oxygen atoms in total. The Morgan fingerprint density at radius 1 is 1.40 bits per heavy atom. The molecule has 0 amide bonds. The first kappa shape index (κ1) is 9.21. The first-order chi connectivity index (χ1) is 4.68. The Balaban J connectivity index is 3.66. The Kier molecular flexibility index (Phi) is 4.63. The Bertz CT molecular complexity index is 125. The molecule has 0 fully saturated rings. The molecule has 0 saturated heterocycles. The van der Waals surface area contributed by atoms with Gasteiger partial charge in [0.2, 0.25) is 0 Å². The normalized spacial score (nSPS) is 12.1. The van der Waals surface area contributed by atoms with Crippen LogP contribution in [0.1, 0.15) is 13.8 Å². The van der Waals surface area contributed by atoms with Gasteiger partial charge in [-0.1, -0.05) is 0 Å². The molecule has 0 heterocycles. The van der Waals surface area contributed by atoms with Crippen molar-refractivity contribution < 1.29 is 0 Å². The van der Waals surface area contributed by atoms with Crippen LogP contribution >= 0.6 is 0 Å².